The highest BCUT2D eigenvalue weighted by Crippen LogP contribution is 2.31. The molecule has 0 aliphatic carbocycles. The van der Waals surface area contributed by atoms with Gasteiger partial charge < -0.3 is 9.52 Å². The van der Waals surface area contributed by atoms with Crippen molar-refractivity contribution in [2.75, 3.05) is 0 Å². The van der Waals surface area contributed by atoms with Gasteiger partial charge in [0.25, 0.3) is 5.22 Å². The molecule has 0 fully saturated rings. The van der Waals surface area contributed by atoms with Crippen molar-refractivity contribution in [3.63, 3.8) is 0 Å². The molecule has 0 spiro atoms. The van der Waals surface area contributed by atoms with E-state index in [0.29, 0.717) is 22.4 Å². The third kappa shape index (κ3) is 3.21. The number of hydrogen-bond acceptors (Lipinski definition) is 6. The van der Waals surface area contributed by atoms with E-state index in [1.165, 1.54) is 17.3 Å². The summed E-state index contributed by atoms with van der Waals surface area (Å²) in [6, 6.07) is 15.3. The van der Waals surface area contributed by atoms with Gasteiger partial charge in [0.05, 0.1) is 0 Å². The van der Waals surface area contributed by atoms with Crippen LogP contribution in [0.25, 0.3) is 22.4 Å². The summed E-state index contributed by atoms with van der Waals surface area (Å²) in [7, 11) is 0. The van der Waals surface area contributed by atoms with Crippen LogP contribution in [0.2, 0.25) is 0 Å². The van der Waals surface area contributed by atoms with Gasteiger partial charge in [-0.1, -0.05) is 41.6 Å². The number of aryl methyl sites for hydroxylation is 1. The Balaban J connectivity index is 1.55. The van der Waals surface area contributed by atoms with Gasteiger partial charge in [0.15, 0.2) is 0 Å². The van der Waals surface area contributed by atoms with Gasteiger partial charge in [-0.05, 0) is 36.8 Å². The van der Waals surface area contributed by atoms with E-state index in [-0.39, 0.29) is 5.75 Å². The number of fused-ring (bicyclic) bond motifs is 1. The molecule has 0 radical (unpaired) electrons. The molecule has 0 atom stereocenters. The number of nitrogens with zero attached hydrogens (tertiary/aromatic N) is 3. The van der Waals surface area contributed by atoms with Crippen LogP contribution in [-0.2, 0) is 5.75 Å². The molecule has 0 aliphatic heterocycles. The number of thioether (sulfide) groups is 1. The molecule has 0 saturated heterocycles. The molecule has 0 bridgehead atoms. The quantitative estimate of drug-likeness (QED) is 0.543. The predicted molar refractivity (Wildman–Crippen MR) is 97.4 cm³/mol. The number of benzene rings is 2. The lowest BCUT2D eigenvalue weighted by Gasteiger charge is -2.05. The number of pyridine rings is 1. The number of aromatic nitrogens is 3. The van der Waals surface area contributed by atoms with Gasteiger partial charge in [0, 0.05) is 22.9 Å². The van der Waals surface area contributed by atoms with Crippen LogP contribution in [-0.4, -0.2) is 20.3 Å². The van der Waals surface area contributed by atoms with Crippen molar-refractivity contribution in [1.82, 2.24) is 15.2 Å². The summed E-state index contributed by atoms with van der Waals surface area (Å²) in [6.07, 6.45) is 1.67. The normalized spacial score (nSPS) is 11.1. The van der Waals surface area contributed by atoms with Gasteiger partial charge in [-0.15, -0.1) is 10.2 Å². The minimum Gasteiger partial charge on any atom is -0.506 e. The molecule has 4 rings (SSSR count). The zero-order valence-corrected chi connectivity index (χ0v) is 14.3. The van der Waals surface area contributed by atoms with Gasteiger partial charge in [-0.3, -0.25) is 4.98 Å². The summed E-state index contributed by atoms with van der Waals surface area (Å²) in [5.74, 6) is 1.35. The number of phenolic OH excluding ortho intramolecular Hbond substituents is 1. The summed E-state index contributed by atoms with van der Waals surface area (Å²) in [4.78, 5) is 4.24. The van der Waals surface area contributed by atoms with E-state index in [9.17, 15) is 5.11 Å². The first-order valence-corrected chi connectivity index (χ1v) is 8.78. The van der Waals surface area contributed by atoms with Crippen molar-refractivity contribution in [2.45, 2.75) is 17.9 Å². The number of phenols is 1. The van der Waals surface area contributed by atoms with E-state index in [2.05, 4.69) is 15.2 Å². The summed E-state index contributed by atoms with van der Waals surface area (Å²) < 4.78 is 5.74. The van der Waals surface area contributed by atoms with Crippen molar-refractivity contribution >= 4 is 22.7 Å². The van der Waals surface area contributed by atoms with Crippen LogP contribution < -0.4 is 0 Å². The predicted octanol–water partition coefficient (Wildman–Crippen LogP) is 4.59. The molecule has 0 amide bonds. The van der Waals surface area contributed by atoms with Gasteiger partial charge >= 0.3 is 0 Å². The summed E-state index contributed by atoms with van der Waals surface area (Å²) in [6.45, 7) is 2.04. The Morgan fingerprint density at radius 3 is 2.72 bits per heavy atom. The highest BCUT2D eigenvalue weighted by atomic mass is 32.2. The average Bonchev–Trinajstić information content (AvgIpc) is 3.11. The molecule has 4 aromatic rings. The van der Waals surface area contributed by atoms with E-state index in [0.717, 1.165) is 16.5 Å². The standard InChI is InChI=1S/C19H15N3O2S/c1-12-4-6-13(7-5-12)18-21-22-19(24-18)25-11-14-8-9-16(23)17-15(14)3-2-10-20-17/h2-10,23H,11H2,1H3. The Labute approximate surface area is 148 Å². The van der Waals surface area contributed by atoms with Gasteiger partial charge in [0.2, 0.25) is 5.89 Å². The average molecular weight is 349 g/mol. The molecule has 124 valence electrons. The van der Waals surface area contributed by atoms with Gasteiger partial charge in [0.1, 0.15) is 11.3 Å². The fourth-order valence-corrected chi connectivity index (χ4v) is 3.33. The highest BCUT2D eigenvalue weighted by molar-refractivity contribution is 7.98. The van der Waals surface area contributed by atoms with E-state index < -0.39 is 0 Å². The fraction of sp³-hybridized carbons (Fsp3) is 0.105. The van der Waals surface area contributed by atoms with Crippen LogP contribution in [0.15, 0.2) is 64.4 Å². The van der Waals surface area contributed by atoms with Crippen LogP contribution in [0.5, 0.6) is 5.75 Å². The molecule has 0 aliphatic rings. The summed E-state index contributed by atoms with van der Waals surface area (Å²) in [5, 5.41) is 19.6. The Bertz CT molecular complexity index is 1030. The number of aromatic hydroxyl groups is 1. The van der Waals surface area contributed by atoms with Gasteiger partial charge in [-0.2, -0.15) is 0 Å². The smallest absolute Gasteiger partial charge is 0.277 e. The maximum atomic E-state index is 9.92. The number of rotatable bonds is 4. The fourth-order valence-electron chi connectivity index (χ4n) is 2.56. The third-order valence-corrected chi connectivity index (χ3v) is 4.76. The molecular weight excluding hydrogens is 334 g/mol. The molecular formula is C19H15N3O2S. The van der Waals surface area contributed by atoms with E-state index in [4.69, 9.17) is 4.42 Å². The minimum atomic E-state index is 0.184. The SMILES string of the molecule is Cc1ccc(-c2nnc(SCc3ccc(O)c4ncccc34)o2)cc1. The minimum absolute atomic E-state index is 0.184. The third-order valence-electron chi connectivity index (χ3n) is 3.89. The zero-order chi connectivity index (χ0) is 17.2. The maximum absolute atomic E-state index is 9.92. The van der Waals surface area contributed by atoms with Crippen molar-refractivity contribution in [1.29, 1.82) is 0 Å². The van der Waals surface area contributed by atoms with E-state index in [1.54, 1.807) is 12.3 Å². The Morgan fingerprint density at radius 2 is 1.88 bits per heavy atom. The van der Waals surface area contributed by atoms with Crippen LogP contribution in [0.3, 0.4) is 0 Å². The summed E-state index contributed by atoms with van der Waals surface area (Å²) in [5.41, 5.74) is 3.75. The van der Waals surface area contributed by atoms with Crippen molar-refractivity contribution in [3.8, 4) is 17.2 Å². The molecule has 2 aromatic heterocycles. The topological polar surface area (TPSA) is 72.0 Å². The monoisotopic (exact) mass is 349 g/mol. The van der Waals surface area contributed by atoms with Gasteiger partial charge in [-0.25, -0.2) is 0 Å². The first-order chi connectivity index (χ1) is 12.2. The Morgan fingerprint density at radius 1 is 1.04 bits per heavy atom. The second-order valence-electron chi connectivity index (χ2n) is 5.67. The van der Waals surface area contributed by atoms with E-state index >= 15 is 0 Å². The lowest BCUT2D eigenvalue weighted by molar-refractivity contribution is 0.466. The summed E-state index contributed by atoms with van der Waals surface area (Å²) >= 11 is 1.46. The molecule has 2 aromatic carbocycles. The van der Waals surface area contributed by atoms with Crippen molar-refractivity contribution in [2.24, 2.45) is 0 Å². The Kier molecular flexibility index (Phi) is 4.11. The molecule has 25 heavy (non-hydrogen) atoms. The van der Waals surface area contributed by atoms with Crippen LogP contribution in [0, 0.1) is 6.92 Å². The molecule has 2 heterocycles. The zero-order valence-electron chi connectivity index (χ0n) is 13.5. The first kappa shape index (κ1) is 15.7. The molecule has 0 unspecified atom stereocenters. The van der Waals surface area contributed by atoms with E-state index in [1.807, 2.05) is 49.4 Å². The maximum Gasteiger partial charge on any atom is 0.277 e. The first-order valence-electron chi connectivity index (χ1n) is 7.79. The van der Waals surface area contributed by atoms with Crippen LogP contribution in [0.1, 0.15) is 11.1 Å². The molecule has 1 N–H and O–H groups in total. The Hall–Kier alpha value is -2.86. The molecule has 0 saturated carbocycles. The second kappa shape index (κ2) is 6.57. The largest absolute Gasteiger partial charge is 0.506 e. The lowest BCUT2D eigenvalue weighted by atomic mass is 10.1. The van der Waals surface area contributed by atoms with Crippen molar-refractivity contribution < 1.29 is 9.52 Å². The lowest BCUT2D eigenvalue weighted by Crippen LogP contribution is -1.87. The molecule has 5 nitrogen and oxygen atoms in total. The number of hydrogen-bond donors (Lipinski definition) is 1. The van der Waals surface area contributed by atoms with Crippen LogP contribution >= 0.6 is 11.8 Å². The molecule has 6 heteroatoms. The highest BCUT2D eigenvalue weighted by Gasteiger charge is 2.11. The second-order valence-corrected chi connectivity index (χ2v) is 6.60. The van der Waals surface area contributed by atoms with Crippen molar-refractivity contribution in [3.05, 3.63) is 65.9 Å². The van der Waals surface area contributed by atoms with Crippen LogP contribution in [0.4, 0.5) is 0 Å².